The van der Waals surface area contributed by atoms with Crippen LogP contribution in [0, 0.1) is 0 Å². The van der Waals surface area contributed by atoms with Gasteiger partial charge in [0.2, 0.25) is 11.8 Å². The van der Waals surface area contributed by atoms with Crippen LogP contribution in [0.5, 0.6) is 0 Å². The fraction of sp³-hybridized carbons (Fsp3) is 0.429. The molecule has 0 unspecified atom stereocenters. The zero-order valence-corrected chi connectivity index (χ0v) is 41.3. The molecule has 362 valence electrons. The first-order chi connectivity index (χ1) is 34.1. The molecule has 2 N–H and O–H groups in total. The van der Waals surface area contributed by atoms with Crippen LogP contribution in [0.2, 0.25) is 0 Å². The van der Waals surface area contributed by atoms with E-state index in [2.05, 4.69) is 178 Å². The minimum atomic E-state index is -0.127. The van der Waals surface area contributed by atoms with Gasteiger partial charge in [0.25, 0.3) is 0 Å². The number of fused-ring (bicyclic) bond motifs is 1. The van der Waals surface area contributed by atoms with Crippen LogP contribution in [0.3, 0.4) is 0 Å². The summed E-state index contributed by atoms with van der Waals surface area (Å²) in [5.74, 6) is 0.413. The highest BCUT2D eigenvalue weighted by Crippen LogP contribution is 2.29. The largest absolute Gasteiger partial charge is 0.352 e. The zero-order valence-electron chi connectivity index (χ0n) is 41.3. The number of carbonyl (C=O) groups is 2. The lowest BCUT2D eigenvalue weighted by Gasteiger charge is -2.36. The minimum absolute atomic E-state index is 0.0930. The molecule has 6 aromatic carbocycles. The number of likely N-dealkylation sites (tertiary alicyclic amines) is 2. The van der Waals surface area contributed by atoms with E-state index in [-0.39, 0.29) is 36.0 Å². The predicted molar refractivity (Wildman–Crippen MR) is 286 cm³/mol. The summed E-state index contributed by atoms with van der Waals surface area (Å²) in [4.78, 5) is 33.6. The highest BCUT2D eigenvalue weighted by atomic mass is 16.2. The van der Waals surface area contributed by atoms with Crippen molar-refractivity contribution < 1.29 is 9.59 Å². The molecule has 2 amide bonds. The Bertz CT molecular complexity index is 2330. The van der Waals surface area contributed by atoms with Crippen LogP contribution in [-0.4, -0.2) is 65.4 Å². The van der Waals surface area contributed by atoms with Gasteiger partial charge in [0.1, 0.15) is 0 Å². The first kappa shape index (κ1) is 49.8. The zero-order chi connectivity index (χ0) is 47.3. The highest BCUT2D eigenvalue weighted by molar-refractivity contribution is 5.89. The molecular formula is C63H78N4O2. The number of rotatable bonds is 25. The molecule has 0 spiro atoms. The first-order valence-electron chi connectivity index (χ1n) is 26.8. The molecule has 6 heteroatoms. The molecule has 69 heavy (non-hydrogen) atoms. The molecule has 0 radical (unpaired) electrons. The number of hydrogen-bond acceptors (Lipinski definition) is 4. The van der Waals surface area contributed by atoms with E-state index in [0.29, 0.717) is 0 Å². The summed E-state index contributed by atoms with van der Waals surface area (Å²) in [5, 5.41) is 9.78. The Kier molecular flexibility index (Phi) is 19.5. The van der Waals surface area contributed by atoms with Crippen molar-refractivity contribution in [3.8, 4) is 0 Å². The third-order valence-electron chi connectivity index (χ3n) is 15.1. The van der Waals surface area contributed by atoms with Gasteiger partial charge in [-0.1, -0.05) is 171 Å². The average Bonchev–Trinajstić information content (AvgIpc) is 3.39. The van der Waals surface area contributed by atoms with Gasteiger partial charge >= 0.3 is 0 Å². The molecule has 0 saturated carbocycles. The quantitative estimate of drug-likeness (QED) is 0.0600. The normalized spacial score (nSPS) is 16.8. The molecule has 0 aliphatic carbocycles. The summed E-state index contributed by atoms with van der Waals surface area (Å²) in [6, 6.07) is 56.6. The second-order valence-electron chi connectivity index (χ2n) is 20.1. The fourth-order valence-corrected chi connectivity index (χ4v) is 11.3. The van der Waals surface area contributed by atoms with Crippen molar-refractivity contribution in [3.05, 3.63) is 191 Å². The summed E-state index contributed by atoms with van der Waals surface area (Å²) in [6.07, 6.45) is 19.5. The highest BCUT2D eigenvalue weighted by Gasteiger charge is 2.32. The lowest BCUT2D eigenvalue weighted by atomic mass is 9.94. The van der Waals surface area contributed by atoms with Gasteiger partial charge in [0, 0.05) is 25.2 Å². The van der Waals surface area contributed by atoms with Crippen LogP contribution in [-0.2, 0) is 48.2 Å². The smallest absolute Gasteiger partial charge is 0.237 e. The molecule has 2 fully saturated rings. The van der Waals surface area contributed by atoms with Crippen LogP contribution >= 0.6 is 0 Å². The van der Waals surface area contributed by atoms with Gasteiger partial charge in [-0.2, -0.15) is 0 Å². The van der Waals surface area contributed by atoms with E-state index in [9.17, 15) is 9.59 Å². The molecule has 2 aliphatic heterocycles. The van der Waals surface area contributed by atoms with Gasteiger partial charge in [-0.15, -0.1) is 0 Å². The van der Waals surface area contributed by atoms with E-state index in [1.807, 2.05) is 0 Å². The van der Waals surface area contributed by atoms with Crippen molar-refractivity contribution in [2.75, 3.05) is 19.6 Å². The van der Waals surface area contributed by atoms with Crippen LogP contribution in [0.25, 0.3) is 10.8 Å². The van der Waals surface area contributed by atoms with Crippen LogP contribution < -0.4 is 10.6 Å². The average molecular weight is 923 g/mol. The lowest BCUT2D eigenvalue weighted by Crippen LogP contribution is -2.52. The second-order valence-corrected chi connectivity index (χ2v) is 20.1. The first-order valence-corrected chi connectivity index (χ1v) is 26.8. The third-order valence-corrected chi connectivity index (χ3v) is 15.1. The maximum Gasteiger partial charge on any atom is 0.237 e. The number of carbonyl (C=O) groups excluding carboxylic acids is 2. The topological polar surface area (TPSA) is 64.7 Å². The number of hydrogen-bond donors (Lipinski definition) is 2. The Morgan fingerprint density at radius 3 is 1.23 bits per heavy atom. The fourth-order valence-electron chi connectivity index (χ4n) is 11.3. The Hall–Kier alpha value is -5.56. The van der Waals surface area contributed by atoms with E-state index in [1.54, 1.807) is 0 Å². The lowest BCUT2D eigenvalue weighted by molar-refractivity contribution is -0.129. The number of nitrogens with one attached hydrogen (secondary N) is 2. The molecule has 6 nitrogen and oxygen atoms in total. The molecule has 2 atom stereocenters. The number of piperidine rings is 2. The van der Waals surface area contributed by atoms with Crippen molar-refractivity contribution in [1.82, 2.24) is 20.4 Å². The molecule has 2 heterocycles. The predicted octanol–water partition coefficient (Wildman–Crippen LogP) is 12.7. The van der Waals surface area contributed by atoms with E-state index >= 15 is 0 Å². The Labute approximate surface area is 414 Å². The molecule has 0 bridgehead atoms. The molecule has 6 aromatic rings. The number of amides is 2. The van der Waals surface area contributed by atoms with E-state index in [4.69, 9.17) is 0 Å². The summed E-state index contributed by atoms with van der Waals surface area (Å²) in [6.45, 7) is 3.51. The number of nitrogens with zero attached hydrogens (tertiary/aromatic N) is 2. The molecule has 2 saturated heterocycles. The molecule has 8 rings (SSSR count). The summed E-state index contributed by atoms with van der Waals surface area (Å²) in [5.41, 5.74) is 8.08. The Morgan fingerprint density at radius 2 is 0.797 bits per heavy atom. The van der Waals surface area contributed by atoms with Gasteiger partial charge < -0.3 is 10.6 Å². The van der Waals surface area contributed by atoms with Gasteiger partial charge in [0.05, 0.1) is 12.1 Å². The summed E-state index contributed by atoms with van der Waals surface area (Å²) < 4.78 is 0. The summed E-state index contributed by atoms with van der Waals surface area (Å²) >= 11 is 0. The van der Waals surface area contributed by atoms with E-state index in [0.717, 1.165) is 148 Å². The van der Waals surface area contributed by atoms with E-state index < -0.39 is 0 Å². The van der Waals surface area contributed by atoms with Crippen molar-refractivity contribution in [1.29, 1.82) is 0 Å². The molecular weight excluding hydrogens is 845 g/mol. The number of aryl methyl sites for hydroxylation is 4. The SMILES string of the molecule is O=C(NC(CCCc1ccccc1)CCCc1ccccc1)[C@@H]1CCCCN1CCc1cccc2c(CN3CCCC[C@H]3C(=O)NC(CCCc3ccccc3)CCCc3ccccc3)cccc12. The molecule has 0 aromatic heterocycles. The Balaban J connectivity index is 0.889. The maximum absolute atomic E-state index is 14.4. The monoisotopic (exact) mass is 923 g/mol. The Morgan fingerprint density at radius 1 is 0.420 bits per heavy atom. The number of benzene rings is 6. The maximum atomic E-state index is 14.4. The van der Waals surface area contributed by atoms with Crippen molar-refractivity contribution in [3.63, 3.8) is 0 Å². The molecule has 2 aliphatic rings. The van der Waals surface area contributed by atoms with Crippen molar-refractivity contribution in [2.45, 2.75) is 153 Å². The standard InChI is InChI=1S/C63H78N4O2/c68-62(64-56(37-17-31-50-23-5-1-6-24-50)38-18-32-51-25-7-2-8-26-51)60-43-13-15-46-66(60)48-45-54-35-21-42-59-55(36-22-41-58(54)59)49-67-47-16-14-44-61(67)63(69)65-57(39-19-33-52-27-9-3-10-28-52)40-20-34-53-29-11-4-12-30-53/h1-12,21-30,35-36,41-42,56-57,60-61H,13-20,31-34,37-40,43-49H2,(H,64,68)(H,65,69)/t60-,61-/m0/s1. The van der Waals surface area contributed by atoms with Crippen LogP contribution in [0.15, 0.2) is 158 Å². The van der Waals surface area contributed by atoms with Gasteiger partial charge in [-0.25, -0.2) is 0 Å². The summed E-state index contributed by atoms with van der Waals surface area (Å²) in [7, 11) is 0. The van der Waals surface area contributed by atoms with E-state index in [1.165, 1.54) is 44.2 Å². The van der Waals surface area contributed by atoms with Gasteiger partial charge in [-0.3, -0.25) is 19.4 Å². The van der Waals surface area contributed by atoms with Crippen molar-refractivity contribution >= 4 is 22.6 Å². The van der Waals surface area contributed by atoms with Crippen molar-refractivity contribution in [2.24, 2.45) is 0 Å². The third kappa shape index (κ3) is 15.5. The van der Waals surface area contributed by atoms with Crippen LogP contribution in [0.1, 0.15) is 123 Å². The minimum Gasteiger partial charge on any atom is -0.352 e. The van der Waals surface area contributed by atoms with Crippen LogP contribution in [0.4, 0.5) is 0 Å². The van der Waals surface area contributed by atoms with Gasteiger partial charge in [0.15, 0.2) is 0 Å². The second kappa shape index (κ2) is 27.0. The van der Waals surface area contributed by atoms with Gasteiger partial charge in [-0.05, 0) is 166 Å².